The number of hydrogen-bond donors (Lipinski definition) is 1. The molecule has 0 bridgehead atoms. The lowest BCUT2D eigenvalue weighted by Gasteiger charge is -2.33. The fourth-order valence-electron chi connectivity index (χ4n) is 4.29. The molecule has 0 saturated carbocycles. The Labute approximate surface area is 228 Å². The first-order chi connectivity index (χ1) is 17.8. The second kappa shape index (κ2) is 12.3. The van der Waals surface area contributed by atoms with Crippen LogP contribution in [0.4, 0.5) is 0 Å². The van der Waals surface area contributed by atoms with Crippen molar-refractivity contribution in [1.82, 2.24) is 10.2 Å². The standard InChI is InChI=1S/C33H42N2O3/c1-24-12-11-15-26(20-24)22-35(30(36)23-38-28-18-16-27(17-19-28)32(2,3)4)29(31(37)34-33(5,6)7)21-25-13-9-8-10-14-25/h8-20,29H,21-23H2,1-7H3,(H,34,37)/t29-/m0/s1. The number of hydrogen-bond acceptors (Lipinski definition) is 3. The van der Waals surface area contributed by atoms with Gasteiger partial charge in [-0.2, -0.15) is 0 Å². The molecule has 0 spiro atoms. The maximum atomic E-state index is 13.8. The zero-order valence-electron chi connectivity index (χ0n) is 23.9. The minimum atomic E-state index is -0.698. The average Bonchev–Trinajstić information content (AvgIpc) is 2.84. The van der Waals surface area contributed by atoms with Crippen LogP contribution >= 0.6 is 0 Å². The summed E-state index contributed by atoms with van der Waals surface area (Å²) in [4.78, 5) is 29.0. The van der Waals surface area contributed by atoms with Gasteiger partial charge in [0.2, 0.25) is 5.91 Å². The van der Waals surface area contributed by atoms with Crippen molar-refractivity contribution in [1.29, 1.82) is 0 Å². The molecule has 0 aliphatic carbocycles. The maximum Gasteiger partial charge on any atom is 0.261 e. The highest BCUT2D eigenvalue weighted by Crippen LogP contribution is 2.24. The third-order valence-electron chi connectivity index (χ3n) is 6.29. The molecule has 2 amide bonds. The van der Waals surface area contributed by atoms with Crippen molar-refractivity contribution in [3.8, 4) is 5.75 Å². The molecule has 0 fully saturated rings. The van der Waals surface area contributed by atoms with E-state index < -0.39 is 11.6 Å². The van der Waals surface area contributed by atoms with E-state index in [0.29, 0.717) is 18.7 Å². The lowest BCUT2D eigenvalue weighted by molar-refractivity contribution is -0.143. The van der Waals surface area contributed by atoms with Gasteiger partial charge in [-0.1, -0.05) is 93.1 Å². The number of benzene rings is 3. The van der Waals surface area contributed by atoms with E-state index in [9.17, 15) is 9.59 Å². The van der Waals surface area contributed by atoms with Crippen LogP contribution in [-0.4, -0.2) is 34.9 Å². The summed E-state index contributed by atoms with van der Waals surface area (Å²) in [5.41, 5.74) is 3.85. The van der Waals surface area contributed by atoms with Crippen LogP contribution < -0.4 is 10.1 Å². The number of aryl methyl sites for hydroxylation is 1. The van der Waals surface area contributed by atoms with E-state index in [0.717, 1.165) is 16.7 Å². The molecule has 1 N–H and O–H groups in total. The zero-order valence-corrected chi connectivity index (χ0v) is 23.9. The molecule has 5 nitrogen and oxygen atoms in total. The molecule has 0 aromatic heterocycles. The molecular weight excluding hydrogens is 472 g/mol. The van der Waals surface area contributed by atoms with E-state index in [1.54, 1.807) is 4.90 Å². The molecule has 5 heteroatoms. The minimum Gasteiger partial charge on any atom is -0.484 e. The number of ether oxygens (including phenoxy) is 1. The van der Waals surface area contributed by atoms with Crippen molar-refractivity contribution in [2.75, 3.05) is 6.61 Å². The highest BCUT2D eigenvalue weighted by molar-refractivity contribution is 5.89. The Hall–Kier alpha value is -3.60. The van der Waals surface area contributed by atoms with Gasteiger partial charge in [-0.3, -0.25) is 9.59 Å². The number of amides is 2. The van der Waals surface area contributed by atoms with Crippen molar-refractivity contribution in [3.63, 3.8) is 0 Å². The third-order valence-corrected chi connectivity index (χ3v) is 6.29. The van der Waals surface area contributed by atoms with E-state index in [2.05, 4.69) is 26.1 Å². The van der Waals surface area contributed by atoms with Gasteiger partial charge in [-0.15, -0.1) is 0 Å². The molecule has 38 heavy (non-hydrogen) atoms. The molecule has 0 aliphatic rings. The number of rotatable bonds is 9. The van der Waals surface area contributed by atoms with Gasteiger partial charge in [0, 0.05) is 18.5 Å². The van der Waals surface area contributed by atoms with Crippen molar-refractivity contribution >= 4 is 11.8 Å². The lowest BCUT2D eigenvalue weighted by Crippen LogP contribution is -2.55. The number of nitrogens with zero attached hydrogens (tertiary/aromatic N) is 1. The molecule has 0 heterocycles. The highest BCUT2D eigenvalue weighted by atomic mass is 16.5. The van der Waals surface area contributed by atoms with E-state index in [1.165, 1.54) is 5.56 Å². The summed E-state index contributed by atoms with van der Waals surface area (Å²) in [5.74, 6) is 0.203. The summed E-state index contributed by atoms with van der Waals surface area (Å²) < 4.78 is 5.94. The molecule has 0 unspecified atom stereocenters. The topological polar surface area (TPSA) is 58.6 Å². The van der Waals surface area contributed by atoms with E-state index in [-0.39, 0.29) is 23.8 Å². The Morgan fingerprint density at radius 3 is 2.05 bits per heavy atom. The van der Waals surface area contributed by atoms with Crippen LogP contribution in [0.2, 0.25) is 0 Å². The molecule has 0 saturated heterocycles. The quantitative estimate of drug-likeness (QED) is 0.368. The average molecular weight is 515 g/mol. The predicted octanol–water partition coefficient (Wildman–Crippen LogP) is 6.23. The van der Waals surface area contributed by atoms with Crippen molar-refractivity contribution in [3.05, 3.63) is 101 Å². The van der Waals surface area contributed by atoms with Gasteiger partial charge < -0.3 is 15.0 Å². The highest BCUT2D eigenvalue weighted by Gasteiger charge is 2.32. The fraction of sp³-hybridized carbons (Fsp3) is 0.394. The van der Waals surface area contributed by atoms with Crippen LogP contribution in [0.25, 0.3) is 0 Å². The van der Waals surface area contributed by atoms with Gasteiger partial charge in [0.1, 0.15) is 11.8 Å². The Bertz CT molecular complexity index is 1210. The number of nitrogens with one attached hydrogen (secondary N) is 1. The minimum absolute atomic E-state index is 0.0318. The van der Waals surface area contributed by atoms with E-state index in [1.807, 2.05) is 107 Å². The summed E-state index contributed by atoms with van der Waals surface area (Å²) in [6, 6.07) is 25.0. The molecule has 0 radical (unpaired) electrons. The molecular formula is C33H42N2O3. The lowest BCUT2D eigenvalue weighted by atomic mass is 9.87. The Morgan fingerprint density at radius 2 is 1.47 bits per heavy atom. The summed E-state index contributed by atoms with van der Waals surface area (Å²) in [6.45, 7) is 14.5. The van der Waals surface area contributed by atoms with Crippen molar-refractivity contribution < 1.29 is 14.3 Å². The van der Waals surface area contributed by atoms with E-state index in [4.69, 9.17) is 4.74 Å². The molecule has 0 aliphatic heterocycles. The van der Waals surface area contributed by atoms with Crippen LogP contribution in [0.1, 0.15) is 63.8 Å². The van der Waals surface area contributed by atoms with Gasteiger partial charge in [0.05, 0.1) is 0 Å². The zero-order chi connectivity index (χ0) is 27.9. The SMILES string of the molecule is Cc1cccc(CN(C(=O)COc2ccc(C(C)(C)C)cc2)[C@@H](Cc2ccccc2)C(=O)NC(C)(C)C)c1. The smallest absolute Gasteiger partial charge is 0.261 e. The van der Waals surface area contributed by atoms with E-state index >= 15 is 0 Å². The molecule has 202 valence electrons. The number of carbonyl (C=O) groups excluding carboxylic acids is 2. The summed E-state index contributed by atoms with van der Waals surface area (Å²) >= 11 is 0. The molecule has 3 aromatic rings. The molecule has 3 rings (SSSR count). The summed E-state index contributed by atoms with van der Waals surface area (Å²) in [5, 5.41) is 3.09. The summed E-state index contributed by atoms with van der Waals surface area (Å²) in [6.07, 6.45) is 0.403. The maximum absolute atomic E-state index is 13.8. The van der Waals surface area contributed by atoms with Crippen LogP contribution in [0.15, 0.2) is 78.9 Å². The van der Waals surface area contributed by atoms with Gasteiger partial charge in [0.15, 0.2) is 6.61 Å². The largest absolute Gasteiger partial charge is 0.484 e. The molecule has 3 aromatic carbocycles. The molecule has 1 atom stereocenters. The second-order valence-corrected chi connectivity index (χ2v) is 12.0. The summed E-state index contributed by atoms with van der Waals surface area (Å²) in [7, 11) is 0. The normalized spacial score (nSPS) is 12.5. The first-order valence-electron chi connectivity index (χ1n) is 13.3. The van der Waals surface area contributed by atoms with Crippen molar-refractivity contribution in [2.24, 2.45) is 0 Å². The van der Waals surface area contributed by atoms with Crippen LogP contribution in [0, 0.1) is 6.92 Å². The van der Waals surface area contributed by atoms with Gasteiger partial charge in [0.25, 0.3) is 5.91 Å². The Balaban J connectivity index is 1.90. The predicted molar refractivity (Wildman–Crippen MR) is 154 cm³/mol. The Kier molecular flexibility index (Phi) is 9.37. The van der Waals surface area contributed by atoms with Gasteiger partial charge >= 0.3 is 0 Å². The fourth-order valence-corrected chi connectivity index (χ4v) is 4.29. The van der Waals surface area contributed by atoms with Gasteiger partial charge in [-0.05, 0) is 61.9 Å². The monoisotopic (exact) mass is 514 g/mol. The first-order valence-corrected chi connectivity index (χ1v) is 13.3. The third kappa shape index (κ3) is 8.76. The Morgan fingerprint density at radius 1 is 0.842 bits per heavy atom. The second-order valence-electron chi connectivity index (χ2n) is 12.0. The van der Waals surface area contributed by atoms with Gasteiger partial charge in [-0.25, -0.2) is 0 Å². The van der Waals surface area contributed by atoms with Crippen LogP contribution in [0.5, 0.6) is 5.75 Å². The van der Waals surface area contributed by atoms with Crippen molar-refractivity contribution in [2.45, 2.75) is 78.4 Å². The van der Waals surface area contributed by atoms with Crippen LogP contribution in [0.3, 0.4) is 0 Å². The van der Waals surface area contributed by atoms with Crippen LogP contribution in [-0.2, 0) is 28.0 Å². The first kappa shape index (κ1) is 29.0. The number of carbonyl (C=O) groups is 2.